The topological polar surface area (TPSA) is 38.7 Å². The van der Waals surface area contributed by atoms with E-state index in [1.165, 1.54) is 313 Å². The molecule has 25 aromatic carbocycles. The highest BCUT2D eigenvalue weighted by atomic mass is 14.6. The van der Waals surface area contributed by atoms with Crippen LogP contribution in [0.2, 0.25) is 0 Å². The molecule has 0 unspecified atom stereocenters. The van der Waals surface area contributed by atoms with Gasteiger partial charge in [0.25, 0.3) is 0 Å². The first-order valence-electron chi connectivity index (χ1n) is 31.4. The number of pyridine rings is 3. The van der Waals surface area contributed by atoms with Crippen LogP contribution in [0.3, 0.4) is 0 Å². The summed E-state index contributed by atoms with van der Waals surface area (Å²) in [6.45, 7) is 9.47. The zero-order valence-electron chi connectivity index (χ0n) is 47.6. The van der Waals surface area contributed by atoms with Crippen LogP contribution in [0.15, 0.2) is 140 Å². The molecule has 0 saturated carbocycles. The summed E-state index contributed by atoms with van der Waals surface area (Å²) < 4.78 is 0. The van der Waals surface area contributed by atoms with Gasteiger partial charge in [0.15, 0.2) is 0 Å². The van der Waals surface area contributed by atoms with Crippen molar-refractivity contribution < 1.29 is 0 Å². The highest BCUT2D eigenvalue weighted by Crippen LogP contribution is 2.67. The Bertz CT molecular complexity index is 7750. The van der Waals surface area contributed by atoms with Gasteiger partial charge in [0.05, 0.1) is 0 Å². The molecule has 0 fully saturated rings. The van der Waals surface area contributed by atoms with Gasteiger partial charge in [-0.15, -0.1) is 0 Å². The molecular weight excluding hydrogens is 1060 g/mol. The van der Waals surface area contributed by atoms with Crippen LogP contribution in [0, 0.1) is 27.7 Å². The van der Waals surface area contributed by atoms with Gasteiger partial charge in [-0.1, -0.05) is 91.0 Å². The smallest absolute Gasteiger partial charge is 0.0353 e. The molecule has 390 valence electrons. The Labute approximate surface area is 493 Å². The van der Waals surface area contributed by atoms with Gasteiger partial charge in [0.1, 0.15) is 0 Å². The molecule has 0 spiro atoms. The zero-order chi connectivity index (χ0) is 55.9. The van der Waals surface area contributed by atoms with Gasteiger partial charge in [0.2, 0.25) is 0 Å². The molecule has 88 heavy (non-hydrogen) atoms. The lowest BCUT2D eigenvalue weighted by atomic mass is 9.69. The van der Waals surface area contributed by atoms with Crippen LogP contribution in [0.1, 0.15) is 22.3 Å². The standard InChI is InChI=1S/C85H35N3/c1-28-8-12-34-32-6-5-7-33-46-22-86-24-48-40-18-16-37-42-21-45-36-14-10-30(3)54-55-31(4)11-15-39-47-23-87-26-50-51-27-88-25-49-41-19-17-38-43-20-44-35-13-9-29(2)53-52(28)60(34)78-72(56(32)33)73(57(46)48)82-66(40)64(37)76(70(44)84(82)80(78)61(35)53)68(43)69(42)77-65(38)67(41)83-75(59(49)51)74(58(47)50)79(63(39)55)81(62(36)54)85(83)71(45)77/h5-27H,1-4H3. The molecule has 3 heteroatoms. The van der Waals surface area contributed by atoms with Crippen molar-refractivity contribution in [2.24, 2.45) is 0 Å². The number of aromatic nitrogens is 3. The maximum Gasteiger partial charge on any atom is 0.0353 e. The predicted octanol–water partition coefficient (Wildman–Crippen LogP) is 23.8. The second kappa shape index (κ2) is 11.9. The Morgan fingerprint density at radius 2 is 0.318 bits per heavy atom. The second-order valence-corrected chi connectivity index (χ2v) is 27.8. The highest BCUT2D eigenvalue weighted by molar-refractivity contribution is 6.68. The van der Waals surface area contributed by atoms with E-state index < -0.39 is 0 Å². The minimum absolute atomic E-state index is 1.19. The first kappa shape index (κ1) is 41.0. The largest absolute Gasteiger partial charge is 0.263 e. The molecule has 3 heterocycles. The van der Waals surface area contributed by atoms with Crippen molar-refractivity contribution in [3.05, 3.63) is 163 Å². The summed E-state index contributed by atoms with van der Waals surface area (Å²) in [4.78, 5) is 15.6. The normalized spacial score (nSPS) is 14.4. The molecule has 28 rings (SSSR count). The van der Waals surface area contributed by atoms with Gasteiger partial charge in [-0.3, -0.25) is 15.0 Å². The molecule has 0 N–H and O–H groups in total. The van der Waals surface area contributed by atoms with E-state index in [1.54, 1.807) is 0 Å². The summed E-state index contributed by atoms with van der Waals surface area (Å²) in [6, 6.07) is 42.3. The Morgan fingerprint density at radius 3 is 0.625 bits per heavy atom. The Hall–Kier alpha value is -11.1. The van der Waals surface area contributed by atoms with E-state index in [-0.39, 0.29) is 0 Å². The molecule has 0 aliphatic rings. The fraction of sp³-hybridized carbons (Fsp3) is 0.0471. The number of aryl methyl sites for hydroxylation is 4. The minimum atomic E-state index is 1.19. The maximum atomic E-state index is 5.24. The van der Waals surface area contributed by atoms with Gasteiger partial charge < -0.3 is 0 Å². The van der Waals surface area contributed by atoms with Gasteiger partial charge in [-0.05, 0) is 288 Å². The third kappa shape index (κ3) is 3.48. The van der Waals surface area contributed by atoms with Crippen LogP contribution in [0.4, 0.5) is 0 Å². The molecule has 0 saturated heterocycles. The summed E-state index contributed by atoms with van der Waals surface area (Å²) in [7, 11) is 0. The summed E-state index contributed by atoms with van der Waals surface area (Å²) >= 11 is 0. The monoisotopic (exact) mass is 1100 g/mol. The van der Waals surface area contributed by atoms with E-state index in [1.807, 2.05) is 0 Å². The summed E-state index contributed by atoms with van der Waals surface area (Å²) in [6.07, 6.45) is 13.0. The number of nitrogens with zero attached hydrogens (tertiary/aromatic N) is 3. The van der Waals surface area contributed by atoms with Gasteiger partial charge in [0, 0.05) is 102 Å². The van der Waals surface area contributed by atoms with Crippen molar-refractivity contribution in [1.82, 2.24) is 15.0 Å². The van der Waals surface area contributed by atoms with Crippen LogP contribution in [-0.2, 0) is 0 Å². The van der Waals surface area contributed by atoms with Crippen LogP contribution >= 0.6 is 0 Å². The second-order valence-electron chi connectivity index (χ2n) is 27.8. The van der Waals surface area contributed by atoms with E-state index in [0.717, 1.165) is 0 Å². The number of rotatable bonds is 0. The molecule has 0 radical (unpaired) electrons. The number of benzene rings is 25. The maximum absolute atomic E-state index is 5.24. The predicted molar refractivity (Wildman–Crippen MR) is 379 cm³/mol. The van der Waals surface area contributed by atoms with Crippen molar-refractivity contribution in [2.75, 3.05) is 0 Å². The first-order valence-corrected chi connectivity index (χ1v) is 31.4. The molecule has 0 bridgehead atoms. The molecular formula is C85H35N3. The van der Waals surface area contributed by atoms with E-state index in [9.17, 15) is 0 Å². The van der Waals surface area contributed by atoms with E-state index in [2.05, 4.69) is 168 Å². The van der Waals surface area contributed by atoms with Crippen molar-refractivity contribution in [3.8, 4) is 0 Å². The van der Waals surface area contributed by atoms with E-state index in [0.29, 0.717) is 0 Å². The summed E-state index contributed by atoms with van der Waals surface area (Å²) in [5.74, 6) is 0. The summed E-state index contributed by atoms with van der Waals surface area (Å²) in [5.41, 5.74) is 5.33. The molecule has 0 amide bonds. The van der Waals surface area contributed by atoms with Gasteiger partial charge in [-0.2, -0.15) is 0 Å². The Morgan fingerprint density at radius 1 is 0.148 bits per heavy atom. The quantitative estimate of drug-likeness (QED) is 0.112. The minimum Gasteiger partial charge on any atom is -0.263 e. The van der Waals surface area contributed by atoms with Crippen molar-refractivity contribution in [3.63, 3.8) is 0 Å². The third-order valence-electron chi connectivity index (χ3n) is 24.8. The average Bonchev–Trinajstić information content (AvgIpc) is 0.637. The summed E-state index contributed by atoms with van der Waals surface area (Å²) in [5, 5.41) is 74.0. The number of hydrogen-bond donors (Lipinski definition) is 0. The molecule has 0 aliphatic heterocycles. The molecule has 28 aromatic rings. The molecule has 3 aromatic heterocycles. The average molecular weight is 1100 g/mol. The fourth-order valence-electron chi connectivity index (χ4n) is 22.1. The van der Waals surface area contributed by atoms with E-state index in [4.69, 9.17) is 15.0 Å². The highest BCUT2D eigenvalue weighted by Gasteiger charge is 2.38. The SMILES string of the molecule is Cc1ccc2c3cccc4c5cncc6c7ccc8c9cc%10c%11ccc(C)c%12c%13c(C)ccc%14c%15cncc%16c%17cncc%18c%19ccc%20c%21cc%22c%23ccc(C)c%24c1c2c1c(c43)c(c56)c2c7c8c(c%21c9c3c%20c%19c4c(c%17%18)c(c%16%15)c(c%14%13)c(c%11%12)c4c%103)c%22c2c1c%23%24. The van der Waals surface area contributed by atoms with Crippen molar-refractivity contribution >= 4 is 291 Å². The lowest BCUT2D eigenvalue weighted by Crippen LogP contribution is -2.04. The van der Waals surface area contributed by atoms with Crippen molar-refractivity contribution in [2.45, 2.75) is 27.7 Å². The zero-order valence-corrected chi connectivity index (χ0v) is 47.6. The fourth-order valence-corrected chi connectivity index (χ4v) is 22.1. The van der Waals surface area contributed by atoms with Crippen LogP contribution in [-0.4, -0.2) is 15.0 Å². The molecule has 3 nitrogen and oxygen atoms in total. The Kier molecular flexibility index (Phi) is 5.56. The first-order chi connectivity index (χ1) is 43.4. The number of hydrogen-bond acceptors (Lipinski definition) is 3. The van der Waals surface area contributed by atoms with Crippen molar-refractivity contribution in [1.29, 1.82) is 0 Å². The Balaban J connectivity index is 1.02. The molecule has 0 atom stereocenters. The lowest BCUT2D eigenvalue weighted by molar-refractivity contribution is 1.38. The third-order valence-corrected chi connectivity index (χ3v) is 24.8. The van der Waals surface area contributed by atoms with Crippen LogP contribution in [0.25, 0.3) is 291 Å². The van der Waals surface area contributed by atoms with E-state index >= 15 is 0 Å². The van der Waals surface area contributed by atoms with Gasteiger partial charge >= 0.3 is 0 Å². The molecule has 0 aliphatic carbocycles. The van der Waals surface area contributed by atoms with Crippen LogP contribution in [0.5, 0.6) is 0 Å². The van der Waals surface area contributed by atoms with Gasteiger partial charge in [-0.25, -0.2) is 0 Å². The number of fused-ring (bicyclic) bond motifs is 12. The van der Waals surface area contributed by atoms with Crippen LogP contribution < -0.4 is 0 Å². The lowest BCUT2D eigenvalue weighted by Gasteiger charge is -2.32.